The number of carbonyl (C=O) groups is 1. The summed E-state index contributed by atoms with van der Waals surface area (Å²) < 4.78 is 22.8. The van der Waals surface area contributed by atoms with Crippen molar-refractivity contribution in [2.45, 2.75) is 218 Å². The average Bonchev–Trinajstić information content (AvgIpc) is 3.27. The van der Waals surface area contributed by atoms with Gasteiger partial charge in [0.25, 0.3) is 0 Å². The van der Waals surface area contributed by atoms with E-state index in [0.29, 0.717) is 13.0 Å². The Hall–Kier alpha value is -2.63. The van der Waals surface area contributed by atoms with Gasteiger partial charge in [-0.15, -0.1) is 0 Å². The molecule has 1 aliphatic rings. The Kier molecular flexibility index (Phi) is 40.4. The van der Waals surface area contributed by atoms with Gasteiger partial charge in [-0.2, -0.15) is 0 Å². The Bertz CT molecular complexity index is 1220. The molecule has 9 heteroatoms. The zero-order valence-corrected chi connectivity index (χ0v) is 39.1. The molecule has 62 heavy (non-hydrogen) atoms. The van der Waals surface area contributed by atoms with E-state index in [2.05, 4.69) is 98.9 Å². The van der Waals surface area contributed by atoms with Crippen LogP contribution in [0.5, 0.6) is 0 Å². The Balaban J connectivity index is 2.20. The number of aliphatic hydroxyl groups excluding tert-OH is 4. The standard InChI is InChI=1S/C53H90O9/c1-3-5-7-9-11-13-15-17-19-20-21-22-23-24-25-26-27-28-29-30-32-34-36-38-40-42-49(55)61-47(46-60-53-52(58)51(57)50(56)48(44-54)62-53)45-59-43-41-39-37-35-33-31-18-16-14-12-10-8-6-4-2/h5-8,11-14,17-19,21-22,31,47-48,50-54,56-58H,3-4,9-10,15-16,20,23-30,32-46H2,1-2H3/b7-5-,8-6-,13-11-,14-12-,19-17-,22-21-,31-18-. The first-order valence-electron chi connectivity index (χ1n) is 24.7. The lowest BCUT2D eigenvalue weighted by Crippen LogP contribution is -2.59. The van der Waals surface area contributed by atoms with E-state index >= 15 is 0 Å². The van der Waals surface area contributed by atoms with E-state index in [9.17, 15) is 25.2 Å². The lowest BCUT2D eigenvalue weighted by molar-refractivity contribution is -0.305. The summed E-state index contributed by atoms with van der Waals surface area (Å²) in [5.41, 5.74) is 0. The van der Waals surface area contributed by atoms with Crippen LogP contribution in [0.4, 0.5) is 0 Å². The lowest BCUT2D eigenvalue weighted by Gasteiger charge is -2.39. The SMILES string of the molecule is CC/C=C\C/C=C\C/C=C\C/C=C\CCCCCCCCCCCCCCC(=O)OC(COCCCCCC/C=C\C/C=C\C/C=C\CC)COC1OC(CO)C(O)C(O)C1O. The van der Waals surface area contributed by atoms with Crippen molar-refractivity contribution in [3.8, 4) is 0 Å². The molecule has 1 aliphatic heterocycles. The molecule has 0 aliphatic carbocycles. The van der Waals surface area contributed by atoms with Gasteiger partial charge in [0.1, 0.15) is 30.5 Å². The van der Waals surface area contributed by atoms with Crippen LogP contribution < -0.4 is 0 Å². The van der Waals surface area contributed by atoms with Crippen LogP contribution in [0.3, 0.4) is 0 Å². The third-order valence-electron chi connectivity index (χ3n) is 10.8. The van der Waals surface area contributed by atoms with Crippen molar-refractivity contribution in [3.05, 3.63) is 85.1 Å². The van der Waals surface area contributed by atoms with Crippen molar-refractivity contribution in [1.29, 1.82) is 0 Å². The van der Waals surface area contributed by atoms with Crippen molar-refractivity contribution in [2.24, 2.45) is 0 Å². The monoisotopic (exact) mass is 871 g/mol. The van der Waals surface area contributed by atoms with Gasteiger partial charge >= 0.3 is 5.97 Å². The van der Waals surface area contributed by atoms with E-state index in [-0.39, 0.29) is 19.2 Å². The second-order valence-corrected chi connectivity index (χ2v) is 16.5. The Morgan fingerprint density at radius 1 is 0.516 bits per heavy atom. The predicted octanol–water partition coefficient (Wildman–Crippen LogP) is 11.8. The van der Waals surface area contributed by atoms with Crippen LogP contribution in [0.2, 0.25) is 0 Å². The highest BCUT2D eigenvalue weighted by Crippen LogP contribution is 2.22. The topological polar surface area (TPSA) is 135 Å². The molecular weight excluding hydrogens is 781 g/mol. The van der Waals surface area contributed by atoms with Gasteiger partial charge in [0, 0.05) is 13.0 Å². The van der Waals surface area contributed by atoms with Crippen molar-refractivity contribution in [3.63, 3.8) is 0 Å². The van der Waals surface area contributed by atoms with E-state index in [1.54, 1.807) is 0 Å². The molecule has 1 fully saturated rings. The number of hydrogen-bond donors (Lipinski definition) is 4. The molecule has 4 N–H and O–H groups in total. The van der Waals surface area contributed by atoms with Gasteiger partial charge in [0.2, 0.25) is 0 Å². The minimum Gasteiger partial charge on any atom is -0.457 e. The van der Waals surface area contributed by atoms with Crippen molar-refractivity contribution in [2.75, 3.05) is 26.4 Å². The van der Waals surface area contributed by atoms with E-state index in [1.165, 1.54) is 64.2 Å². The van der Waals surface area contributed by atoms with Gasteiger partial charge in [-0.25, -0.2) is 0 Å². The number of rotatable bonds is 41. The normalized spacial score (nSPS) is 20.5. The van der Waals surface area contributed by atoms with Crippen LogP contribution in [0.15, 0.2) is 85.1 Å². The summed E-state index contributed by atoms with van der Waals surface area (Å²) in [6, 6.07) is 0. The first-order valence-corrected chi connectivity index (χ1v) is 24.7. The predicted molar refractivity (Wildman–Crippen MR) is 256 cm³/mol. The molecule has 1 saturated heterocycles. The fourth-order valence-electron chi connectivity index (χ4n) is 7.03. The number of allylic oxidation sites excluding steroid dienone is 14. The molecule has 356 valence electrons. The molecule has 1 heterocycles. The van der Waals surface area contributed by atoms with Gasteiger partial charge in [-0.05, 0) is 83.5 Å². The van der Waals surface area contributed by atoms with Gasteiger partial charge in [-0.3, -0.25) is 4.79 Å². The van der Waals surface area contributed by atoms with Gasteiger partial charge in [-0.1, -0.05) is 176 Å². The van der Waals surface area contributed by atoms with Crippen LogP contribution in [0, 0.1) is 0 Å². The molecular formula is C53H90O9. The molecule has 0 aromatic carbocycles. The summed E-state index contributed by atoms with van der Waals surface area (Å²) in [5, 5.41) is 40.2. The first-order chi connectivity index (χ1) is 30.4. The summed E-state index contributed by atoms with van der Waals surface area (Å²) in [4.78, 5) is 12.8. The van der Waals surface area contributed by atoms with E-state index < -0.39 is 43.4 Å². The van der Waals surface area contributed by atoms with Crippen molar-refractivity contribution in [1.82, 2.24) is 0 Å². The van der Waals surface area contributed by atoms with Gasteiger partial charge in [0.15, 0.2) is 6.29 Å². The molecule has 0 aromatic rings. The van der Waals surface area contributed by atoms with Crippen LogP contribution in [0.25, 0.3) is 0 Å². The van der Waals surface area contributed by atoms with Crippen LogP contribution in [0.1, 0.15) is 181 Å². The number of unbranched alkanes of at least 4 members (excludes halogenated alkanes) is 16. The molecule has 6 atom stereocenters. The van der Waals surface area contributed by atoms with E-state index in [0.717, 1.165) is 96.3 Å². The second kappa shape index (κ2) is 43.6. The molecule has 6 unspecified atom stereocenters. The molecule has 0 aromatic heterocycles. The highest BCUT2D eigenvalue weighted by molar-refractivity contribution is 5.69. The molecule has 9 nitrogen and oxygen atoms in total. The Morgan fingerprint density at radius 3 is 1.40 bits per heavy atom. The second-order valence-electron chi connectivity index (χ2n) is 16.5. The third kappa shape index (κ3) is 33.9. The zero-order valence-electron chi connectivity index (χ0n) is 39.1. The number of hydrogen-bond acceptors (Lipinski definition) is 9. The molecule has 0 saturated carbocycles. The van der Waals surface area contributed by atoms with Crippen LogP contribution in [-0.2, 0) is 23.7 Å². The first kappa shape index (κ1) is 57.4. The summed E-state index contributed by atoms with van der Waals surface area (Å²) in [7, 11) is 0. The highest BCUT2D eigenvalue weighted by Gasteiger charge is 2.44. The zero-order chi connectivity index (χ0) is 45.0. The Morgan fingerprint density at radius 2 is 0.935 bits per heavy atom. The molecule has 0 radical (unpaired) electrons. The minimum absolute atomic E-state index is 0.125. The minimum atomic E-state index is -1.55. The van der Waals surface area contributed by atoms with Gasteiger partial charge in [0.05, 0.1) is 19.8 Å². The van der Waals surface area contributed by atoms with Crippen molar-refractivity contribution < 1.29 is 44.2 Å². The van der Waals surface area contributed by atoms with Gasteiger partial charge < -0.3 is 39.4 Å². The molecule has 0 amide bonds. The van der Waals surface area contributed by atoms with Crippen LogP contribution >= 0.6 is 0 Å². The maximum atomic E-state index is 12.8. The fraction of sp³-hybridized carbons (Fsp3) is 0.717. The van der Waals surface area contributed by atoms with Crippen molar-refractivity contribution >= 4 is 5.97 Å². The highest BCUT2D eigenvalue weighted by atomic mass is 16.7. The summed E-state index contributed by atoms with van der Waals surface area (Å²) in [6.45, 7) is 4.27. The number of aliphatic hydroxyl groups is 4. The summed E-state index contributed by atoms with van der Waals surface area (Å²) >= 11 is 0. The third-order valence-corrected chi connectivity index (χ3v) is 10.8. The van der Waals surface area contributed by atoms with E-state index in [1.807, 2.05) is 0 Å². The average molecular weight is 871 g/mol. The largest absolute Gasteiger partial charge is 0.457 e. The smallest absolute Gasteiger partial charge is 0.306 e. The number of esters is 1. The maximum Gasteiger partial charge on any atom is 0.306 e. The summed E-state index contributed by atoms with van der Waals surface area (Å²) in [6.07, 6.45) is 51.9. The molecule has 0 spiro atoms. The Labute approximate surface area is 378 Å². The molecule has 1 rings (SSSR count). The quantitative estimate of drug-likeness (QED) is 0.0269. The number of carbonyl (C=O) groups excluding carboxylic acids is 1. The fourth-order valence-corrected chi connectivity index (χ4v) is 7.03. The lowest BCUT2D eigenvalue weighted by atomic mass is 9.99. The van der Waals surface area contributed by atoms with E-state index in [4.69, 9.17) is 18.9 Å². The molecule has 0 bridgehead atoms. The summed E-state index contributed by atoms with van der Waals surface area (Å²) in [5.74, 6) is -0.327. The van der Waals surface area contributed by atoms with Crippen LogP contribution in [-0.4, -0.2) is 89.6 Å². The number of ether oxygens (including phenoxy) is 4. The maximum absolute atomic E-state index is 12.8.